The highest BCUT2D eigenvalue weighted by atomic mass is 16.4. The van der Waals surface area contributed by atoms with E-state index in [1.165, 1.54) is 6.42 Å². The number of nitrogens with one attached hydrogen (secondary N) is 1. The van der Waals surface area contributed by atoms with E-state index < -0.39 is 17.6 Å². The van der Waals surface area contributed by atoms with Crippen molar-refractivity contribution in [3.63, 3.8) is 0 Å². The van der Waals surface area contributed by atoms with Crippen LogP contribution in [0.2, 0.25) is 0 Å². The Kier molecular flexibility index (Phi) is 5.55. The van der Waals surface area contributed by atoms with Crippen molar-refractivity contribution in [1.82, 2.24) is 5.32 Å². The van der Waals surface area contributed by atoms with Gasteiger partial charge in [0.2, 0.25) is 5.91 Å². The predicted molar refractivity (Wildman–Crippen MR) is 65.9 cm³/mol. The summed E-state index contributed by atoms with van der Waals surface area (Å²) in [6.07, 6.45) is 3.87. The van der Waals surface area contributed by atoms with Crippen molar-refractivity contribution < 1.29 is 19.8 Å². The highest BCUT2D eigenvalue weighted by Gasteiger charge is 2.29. The maximum absolute atomic E-state index is 11.6. The Morgan fingerprint density at radius 2 is 1.89 bits per heavy atom. The Hall–Kier alpha value is -1.14. The van der Waals surface area contributed by atoms with Crippen molar-refractivity contribution >= 4 is 11.9 Å². The first-order valence-corrected chi connectivity index (χ1v) is 6.39. The van der Waals surface area contributed by atoms with Gasteiger partial charge in [0.05, 0.1) is 0 Å². The van der Waals surface area contributed by atoms with Crippen LogP contribution in [0, 0.1) is 0 Å². The van der Waals surface area contributed by atoms with Gasteiger partial charge in [0.25, 0.3) is 0 Å². The van der Waals surface area contributed by atoms with Crippen LogP contribution in [-0.4, -0.2) is 40.3 Å². The second kappa shape index (κ2) is 6.70. The zero-order valence-corrected chi connectivity index (χ0v) is 10.5. The Morgan fingerprint density at radius 1 is 1.28 bits per heavy atom. The molecule has 0 heterocycles. The van der Waals surface area contributed by atoms with E-state index in [0.29, 0.717) is 0 Å². The van der Waals surface area contributed by atoms with Crippen molar-refractivity contribution in [2.75, 3.05) is 6.54 Å². The molecule has 1 aliphatic rings. The molecule has 18 heavy (non-hydrogen) atoms. The first kappa shape index (κ1) is 14.9. The molecule has 6 heteroatoms. The van der Waals surface area contributed by atoms with Crippen LogP contribution in [-0.2, 0) is 9.59 Å². The van der Waals surface area contributed by atoms with Crippen molar-refractivity contribution in [2.24, 2.45) is 5.73 Å². The van der Waals surface area contributed by atoms with Crippen LogP contribution in [0.25, 0.3) is 0 Å². The lowest BCUT2D eigenvalue weighted by Gasteiger charge is -2.32. The van der Waals surface area contributed by atoms with Crippen molar-refractivity contribution in [3.8, 4) is 0 Å². The molecular weight excluding hydrogens is 236 g/mol. The number of hydrogen-bond donors (Lipinski definition) is 4. The third-order valence-corrected chi connectivity index (χ3v) is 3.39. The minimum atomic E-state index is -1.42. The molecule has 5 N–H and O–H groups in total. The van der Waals surface area contributed by atoms with Crippen LogP contribution in [0.15, 0.2) is 0 Å². The van der Waals surface area contributed by atoms with E-state index in [2.05, 4.69) is 5.32 Å². The number of carbonyl (C=O) groups is 2. The van der Waals surface area contributed by atoms with Crippen LogP contribution < -0.4 is 11.1 Å². The van der Waals surface area contributed by atoms with E-state index in [9.17, 15) is 9.59 Å². The second-order valence-corrected chi connectivity index (χ2v) is 5.09. The average molecular weight is 258 g/mol. The number of aliphatic hydroxyl groups excluding tert-OH is 1. The predicted octanol–water partition coefficient (Wildman–Crippen LogP) is -0.0101. The normalized spacial score (nSPS) is 20.1. The lowest BCUT2D eigenvalue weighted by molar-refractivity contribution is -0.147. The minimum Gasteiger partial charge on any atom is -0.479 e. The number of carbonyl (C=O) groups excluding carboxylic acids is 1. The third-order valence-electron chi connectivity index (χ3n) is 3.39. The van der Waals surface area contributed by atoms with Gasteiger partial charge in [-0.2, -0.15) is 0 Å². The molecule has 6 nitrogen and oxygen atoms in total. The summed E-state index contributed by atoms with van der Waals surface area (Å²) in [7, 11) is 0. The van der Waals surface area contributed by atoms with Crippen molar-refractivity contribution in [1.29, 1.82) is 0 Å². The van der Waals surface area contributed by atoms with E-state index in [1.807, 2.05) is 0 Å². The summed E-state index contributed by atoms with van der Waals surface area (Å²) < 4.78 is 0. The summed E-state index contributed by atoms with van der Waals surface area (Å²) in [6, 6.07) is 0. The lowest BCUT2D eigenvalue weighted by atomic mass is 9.80. The average Bonchev–Trinajstić information content (AvgIpc) is 2.28. The standard InChI is InChI=1S/C12H22N2O4/c13-12(5-2-1-3-6-12)8-10(16)14-7-4-9(15)11(17)18/h9,15H,1-8,13H2,(H,14,16)(H,17,18). The fourth-order valence-corrected chi connectivity index (χ4v) is 2.29. The molecule has 0 saturated heterocycles. The molecule has 1 aliphatic carbocycles. The largest absolute Gasteiger partial charge is 0.479 e. The number of carboxylic acids is 1. The molecule has 0 bridgehead atoms. The van der Waals surface area contributed by atoms with Crippen LogP contribution >= 0.6 is 0 Å². The molecule has 1 rings (SSSR count). The van der Waals surface area contributed by atoms with E-state index in [0.717, 1.165) is 25.7 Å². The second-order valence-electron chi connectivity index (χ2n) is 5.09. The highest BCUT2D eigenvalue weighted by Crippen LogP contribution is 2.28. The van der Waals surface area contributed by atoms with E-state index in [-0.39, 0.29) is 25.3 Å². The summed E-state index contributed by atoms with van der Waals surface area (Å²) in [4.78, 5) is 22.0. The van der Waals surface area contributed by atoms with E-state index >= 15 is 0 Å². The molecule has 0 aromatic carbocycles. The number of hydrogen-bond acceptors (Lipinski definition) is 4. The molecule has 1 amide bonds. The molecule has 104 valence electrons. The van der Waals surface area contributed by atoms with Gasteiger partial charge < -0.3 is 21.3 Å². The number of carboxylic acid groups (broad SMARTS) is 1. The molecule has 1 saturated carbocycles. The van der Waals surface area contributed by atoms with Crippen molar-refractivity contribution in [3.05, 3.63) is 0 Å². The molecule has 0 aliphatic heterocycles. The molecule has 0 aromatic rings. The monoisotopic (exact) mass is 258 g/mol. The first-order chi connectivity index (χ1) is 8.43. The van der Waals surface area contributed by atoms with Gasteiger partial charge in [0.1, 0.15) is 0 Å². The van der Waals surface area contributed by atoms with Crippen molar-refractivity contribution in [2.45, 2.75) is 56.6 Å². The molecule has 0 spiro atoms. The lowest BCUT2D eigenvalue weighted by Crippen LogP contribution is -2.46. The first-order valence-electron chi connectivity index (χ1n) is 6.39. The zero-order valence-electron chi connectivity index (χ0n) is 10.5. The minimum absolute atomic E-state index is 0.0125. The van der Waals surface area contributed by atoms with Gasteiger partial charge in [-0.3, -0.25) is 4.79 Å². The number of aliphatic carboxylic acids is 1. The van der Waals surface area contributed by atoms with Gasteiger partial charge in [-0.05, 0) is 12.8 Å². The van der Waals surface area contributed by atoms with Gasteiger partial charge in [0.15, 0.2) is 6.10 Å². The Morgan fingerprint density at radius 3 is 2.44 bits per heavy atom. The number of nitrogens with two attached hydrogens (primary N) is 1. The fraction of sp³-hybridized carbons (Fsp3) is 0.833. The third kappa shape index (κ3) is 5.01. The van der Waals surface area contributed by atoms with Gasteiger partial charge >= 0.3 is 5.97 Å². The molecule has 1 fully saturated rings. The number of amides is 1. The van der Waals surface area contributed by atoms with Gasteiger partial charge in [-0.1, -0.05) is 19.3 Å². The molecule has 0 radical (unpaired) electrons. The van der Waals surface area contributed by atoms with Gasteiger partial charge in [-0.15, -0.1) is 0 Å². The van der Waals surface area contributed by atoms with Crippen LogP contribution in [0.3, 0.4) is 0 Å². The maximum Gasteiger partial charge on any atom is 0.332 e. The van der Waals surface area contributed by atoms with Crippen LogP contribution in [0.4, 0.5) is 0 Å². The summed E-state index contributed by atoms with van der Waals surface area (Å²) in [6.45, 7) is 0.155. The summed E-state index contributed by atoms with van der Waals surface area (Å²) in [5, 5.41) is 20.1. The molecule has 1 unspecified atom stereocenters. The molecular formula is C12H22N2O4. The smallest absolute Gasteiger partial charge is 0.332 e. The van der Waals surface area contributed by atoms with Gasteiger partial charge in [0, 0.05) is 24.9 Å². The Labute approximate surface area is 107 Å². The summed E-state index contributed by atoms with van der Waals surface area (Å²) in [5.41, 5.74) is 5.73. The SMILES string of the molecule is NC1(CC(=O)NCCC(O)C(=O)O)CCCCC1. The Bertz CT molecular complexity index is 300. The topological polar surface area (TPSA) is 113 Å². The zero-order chi connectivity index (χ0) is 13.6. The maximum atomic E-state index is 11.6. The van der Waals surface area contributed by atoms with Gasteiger partial charge in [-0.25, -0.2) is 4.79 Å². The van der Waals surface area contributed by atoms with E-state index in [4.69, 9.17) is 15.9 Å². The van der Waals surface area contributed by atoms with E-state index in [1.54, 1.807) is 0 Å². The summed E-state index contributed by atoms with van der Waals surface area (Å²) >= 11 is 0. The molecule has 1 atom stereocenters. The Balaban J connectivity index is 2.22. The highest BCUT2D eigenvalue weighted by molar-refractivity contribution is 5.77. The quantitative estimate of drug-likeness (QED) is 0.535. The van der Waals surface area contributed by atoms with Crippen LogP contribution in [0.1, 0.15) is 44.9 Å². The summed E-state index contributed by atoms with van der Waals surface area (Å²) in [5.74, 6) is -1.44. The van der Waals surface area contributed by atoms with Crippen LogP contribution in [0.5, 0.6) is 0 Å². The number of rotatable bonds is 6. The fourth-order valence-electron chi connectivity index (χ4n) is 2.29. The molecule has 0 aromatic heterocycles. The number of aliphatic hydroxyl groups is 1.